The average molecular weight is 282 g/mol. The van der Waals surface area contributed by atoms with E-state index in [2.05, 4.69) is 47.9 Å². The molecule has 0 radical (unpaired) electrons. The predicted octanol–water partition coefficient (Wildman–Crippen LogP) is 1.89. The van der Waals surface area contributed by atoms with Crippen molar-refractivity contribution in [3.05, 3.63) is 10.6 Å². The summed E-state index contributed by atoms with van der Waals surface area (Å²) in [6.07, 6.45) is 1.83. The number of aryl methyl sites for hydroxylation is 1. The van der Waals surface area contributed by atoms with Crippen LogP contribution in [0, 0.1) is 6.92 Å². The van der Waals surface area contributed by atoms with Gasteiger partial charge >= 0.3 is 0 Å². The molecule has 1 saturated heterocycles. The van der Waals surface area contributed by atoms with Gasteiger partial charge in [0.05, 0.1) is 4.88 Å². The summed E-state index contributed by atoms with van der Waals surface area (Å²) in [5, 5.41) is 10.6. The summed E-state index contributed by atoms with van der Waals surface area (Å²) < 4.78 is 3.81. The van der Waals surface area contributed by atoms with Gasteiger partial charge in [-0.1, -0.05) is 4.49 Å². The van der Waals surface area contributed by atoms with E-state index in [9.17, 15) is 4.79 Å². The Morgan fingerprint density at radius 2 is 1.89 bits per heavy atom. The molecule has 6 heteroatoms. The first-order valence-corrected chi connectivity index (χ1v) is 7.35. The summed E-state index contributed by atoms with van der Waals surface area (Å²) in [7, 11) is 0. The molecule has 2 rings (SSSR count). The Morgan fingerprint density at radius 1 is 1.32 bits per heavy atom. The molecule has 5 nitrogen and oxygen atoms in total. The minimum absolute atomic E-state index is 0.0229. The van der Waals surface area contributed by atoms with E-state index in [0.29, 0.717) is 5.69 Å². The van der Waals surface area contributed by atoms with Crippen LogP contribution in [0.15, 0.2) is 0 Å². The van der Waals surface area contributed by atoms with Crippen LogP contribution in [-0.4, -0.2) is 32.6 Å². The Labute approximate surface area is 118 Å². The van der Waals surface area contributed by atoms with Crippen molar-refractivity contribution < 1.29 is 4.79 Å². The highest BCUT2D eigenvalue weighted by Crippen LogP contribution is 2.28. The molecule has 0 bridgehead atoms. The van der Waals surface area contributed by atoms with Crippen LogP contribution in [0.1, 0.15) is 55.9 Å². The van der Waals surface area contributed by atoms with Crippen molar-refractivity contribution in [2.75, 3.05) is 0 Å². The second kappa shape index (κ2) is 4.83. The molecular formula is C13H22N4OS. The standard InChI is InChI=1S/C13H22N4OS/c1-8-10(15-17-19-8)11(18)14-9-6-12(2,3)16-13(4,5)7-9/h9,16H,6-7H2,1-5H3,(H,14,18). The number of nitrogens with one attached hydrogen (secondary N) is 2. The van der Waals surface area contributed by atoms with Gasteiger partial charge in [-0.15, -0.1) is 5.10 Å². The second-order valence-electron chi connectivity index (χ2n) is 6.65. The van der Waals surface area contributed by atoms with E-state index in [1.165, 1.54) is 11.5 Å². The number of hydrogen-bond acceptors (Lipinski definition) is 5. The van der Waals surface area contributed by atoms with Gasteiger partial charge in [0.2, 0.25) is 0 Å². The Hall–Kier alpha value is -1.01. The maximum absolute atomic E-state index is 12.2. The number of nitrogens with zero attached hydrogens (tertiary/aromatic N) is 2. The number of carbonyl (C=O) groups is 1. The third kappa shape index (κ3) is 3.51. The highest BCUT2D eigenvalue weighted by molar-refractivity contribution is 7.05. The number of carbonyl (C=O) groups excluding carboxylic acids is 1. The molecule has 1 aliphatic heterocycles. The van der Waals surface area contributed by atoms with Crippen LogP contribution in [0.3, 0.4) is 0 Å². The van der Waals surface area contributed by atoms with E-state index in [0.717, 1.165) is 17.7 Å². The molecule has 1 fully saturated rings. The summed E-state index contributed by atoms with van der Waals surface area (Å²) in [5.41, 5.74) is 0.503. The fourth-order valence-corrected chi connectivity index (χ4v) is 3.58. The van der Waals surface area contributed by atoms with E-state index in [-0.39, 0.29) is 23.0 Å². The monoisotopic (exact) mass is 282 g/mol. The summed E-state index contributed by atoms with van der Waals surface area (Å²) in [5.74, 6) is -0.107. The number of aromatic nitrogens is 2. The molecule has 0 saturated carbocycles. The average Bonchev–Trinajstić information content (AvgIpc) is 2.58. The molecule has 1 aromatic heterocycles. The topological polar surface area (TPSA) is 66.9 Å². The minimum atomic E-state index is -0.107. The van der Waals surface area contributed by atoms with Crippen LogP contribution in [0.4, 0.5) is 0 Å². The molecule has 106 valence electrons. The summed E-state index contributed by atoms with van der Waals surface area (Å²) in [6.45, 7) is 10.5. The van der Waals surface area contributed by atoms with Gasteiger partial charge in [-0.3, -0.25) is 4.79 Å². The van der Waals surface area contributed by atoms with Crippen molar-refractivity contribution in [2.45, 2.75) is 64.6 Å². The van der Waals surface area contributed by atoms with Crippen LogP contribution in [0.25, 0.3) is 0 Å². The van der Waals surface area contributed by atoms with Crippen molar-refractivity contribution in [1.29, 1.82) is 0 Å². The first-order chi connectivity index (χ1) is 8.69. The fourth-order valence-electron chi connectivity index (χ4n) is 3.12. The van der Waals surface area contributed by atoms with E-state index in [1.54, 1.807) is 0 Å². The molecule has 2 heterocycles. The lowest BCUT2D eigenvalue weighted by Crippen LogP contribution is -2.62. The summed E-state index contributed by atoms with van der Waals surface area (Å²) in [6, 6.07) is 0.167. The van der Waals surface area contributed by atoms with Gasteiger partial charge in [0.25, 0.3) is 5.91 Å². The van der Waals surface area contributed by atoms with Crippen LogP contribution < -0.4 is 10.6 Å². The van der Waals surface area contributed by atoms with Gasteiger partial charge in [0.15, 0.2) is 5.69 Å². The Bertz CT molecular complexity index is 465. The van der Waals surface area contributed by atoms with Gasteiger partial charge in [-0.2, -0.15) is 0 Å². The normalized spacial score (nSPS) is 22.2. The maximum atomic E-state index is 12.2. The summed E-state index contributed by atoms with van der Waals surface area (Å²) in [4.78, 5) is 13.1. The van der Waals surface area contributed by atoms with Gasteiger partial charge in [0, 0.05) is 17.1 Å². The van der Waals surface area contributed by atoms with Crippen LogP contribution in [-0.2, 0) is 0 Å². The zero-order valence-corrected chi connectivity index (χ0v) is 13.0. The number of hydrogen-bond donors (Lipinski definition) is 2. The van der Waals surface area contributed by atoms with E-state index >= 15 is 0 Å². The van der Waals surface area contributed by atoms with Gasteiger partial charge in [0.1, 0.15) is 0 Å². The number of rotatable bonds is 2. The summed E-state index contributed by atoms with van der Waals surface area (Å²) >= 11 is 1.26. The van der Waals surface area contributed by atoms with E-state index < -0.39 is 0 Å². The largest absolute Gasteiger partial charge is 0.348 e. The smallest absolute Gasteiger partial charge is 0.273 e. The van der Waals surface area contributed by atoms with Gasteiger partial charge in [-0.25, -0.2) is 0 Å². The second-order valence-corrected chi connectivity index (χ2v) is 7.61. The van der Waals surface area contributed by atoms with Crippen molar-refractivity contribution in [3.8, 4) is 0 Å². The van der Waals surface area contributed by atoms with Crippen LogP contribution in [0.5, 0.6) is 0 Å². The van der Waals surface area contributed by atoms with Gasteiger partial charge in [-0.05, 0) is 59.0 Å². The molecular weight excluding hydrogens is 260 g/mol. The first kappa shape index (κ1) is 14.4. The highest BCUT2D eigenvalue weighted by Gasteiger charge is 2.38. The SMILES string of the molecule is Cc1snnc1C(=O)NC1CC(C)(C)NC(C)(C)C1. The first-order valence-electron chi connectivity index (χ1n) is 6.58. The quantitative estimate of drug-likeness (QED) is 0.869. The Morgan fingerprint density at radius 3 is 2.37 bits per heavy atom. The molecule has 2 N–H and O–H groups in total. The molecule has 1 amide bonds. The van der Waals surface area contributed by atoms with E-state index in [4.69, 9.17) is 0 Å². The lowest BCUT2D eigenvalue weighted by Gasteiger charge is -2.46. The number of piperidine rings is 1. The molecule has 0 aliphatic carbocycles. The predicted molar refractivity (Wildman–Crippen MR) is 76.4 cm³/mol. The van der Waals surface area contributed by atoms with Crippen LogP contribution >= 0.6 is 11.5 Å². The van der Waals surface area contributed by atoms with Crippen molar-refractivity contribution in [3.63, 3.8) is 0 Å². The maximum Gasteiger partial charge on any atom is 0.273 e. The molecule has 19 heavy (non-hydrogen) atoms. The molecule has 0 unspecified atom stereocenters. The zero-order chi connectivity index (χ0) is 14.3. The van der Waals surface area contributed by atoms with Crippen molar-refractivity contribution >= 4 is 17.4 Å². The van der Waals surface area contributed by atoms with E-state index in [1.807, 2.05) is 6.92 Å². The fraction of sp³-hybridized carbons (Fsp3) is 0.769. The van der Waals surface area contributed by atoms with Gasteiger partial charge < -0.3 is 10.6 Å². The van der Waals surface area contributed by atoms with Crippen molar-refractivity contribution in [2.24, 2.45) is 0 Å². The lowest BCUT2D eigenvalue weighted by molar-refractivity contribution is 0.0867. The molecule has 1 aliphatic rings. The highest BCUT2D eigenvalue weighted by atomic mass is 32.1. The Balaban J connectivity index is 2.07. The lowest BCUT2D eigenvalue weighted by atomic mass is 9.79. The molecule has 0 spiro atoms. The van der Waals surface area contributed by atoms with Crippen LogP contribution in [0.2, 0.25) is 0 Å². The Kier molecular flexibility index (Phi) is 3.66. The third-order valence-electron chi connectivity index (χ3n) is 3.39. The van der Waals surface area contributed by atoms with Crippen molar-refractivity contribution in [1.82, 2.24) is 20.2 Å². The molecule has 0 aromatic carbocycles. The molecule has 0 atom stereocenters. The number of amides is 1. The molecule has 1 aromatic rings. The zero-order valence-electron chi connectivity index (χ0n) is 12.2. The minimum Gasteiger partial charge on any atom is -0.348 e. The third-order valence-corrected chi connectivity index (χ3v) is 4.02.